The van der Waals surface area contributed by atoms with Crippen LogP contribution in [0.5, 0.6) is 0 Å². The molecule has 0 saturated carbocycles. The molecule has 11 heteroatoms. The van der Waals surface area contributed by atoms with Gasteiger partial charge in [-0.25, -0.2) is 8.78 Å². The van der Waals surface area contributed by atoms with E-state index in [9.17, 15) is 35.1 Å². The number of benzene rings is 2. The standard InChI is InChI=1S/C21H22F8O2Si/c1-15(2)13-30-32(16-9-5-3-6-10-16,17-11-7-4-8-12-17)31-14-19(24,25)21(28,29)20(26,27)18(22)23/h3-12,15,18H,13-14H2,1-2H3. The third kappa shape index (κ3) is 5.15. The summed E-state index contributed by atoms with van der Waals surface area (Å²) >= 11 is 0. The van der Waals surface area contributed by atoms with Crippen LogP contribution in [0, 0.1) is 5.92 Å². The van der Waals surface area contributed by atoms with E-state index in [1.165, 1.54) is 24.3 Å². The van der Waals surface area contributed by atoms with E-state index >= 15 is 0 Å². The molecule has 0 N–H and O–H groups in total. The predicted molar refractivity (Wildman–Crippen MR) is 105 cm³/mol. The Kier molecular flexibility index (Phi) is 8.11. The van der Waals surface area contributed by atoms with Gasteiger partial charge in [0.2, 0.25) is 0 Å². The van der Waals surface area contributed by atoms with Crippen LogP contribution in [-0.4, -0.2) is 46.0 Å². The van der Waals surface area contributed by atoms with E-state index in [2.05, 4.69) is 0 Å². The van der Waals surface area contributed by atoms with Crippen LogP contribution in [0.4, 0.5) is 35.1 Å². The maximum absolute atomic E-state index is 14.3. The summed E-state index contributed by atoms with van der Waals surface area (Å²) in [6.07, 6.45) is -4.99. The lowest BCUT2D eigenvalue weighted by Gasteiger charge is -2.36. The van der Waals surface area contributed by atoms with Crippen molar-refractivity contribution in [1.29, 1.82) is 0 Å². The highest BCUT2D eigenvalue weighted by Crippen LogP contribution is 2.48. The number of hydrogen-bond acceptors (Lipinski definition) is 2. The maximum atomic E-state index is 14.3. The molecule has 0 unspecified atom stereocenters. The summed E-state index contributed by atoms with van der Waals surface area (Å²) in [6.45, 7) is 1.23. The molecule has 0 saturated heterocycles. The summed E-state index contributed by atoms with van der Waals surface area (Å²) in [7, 11) is -4.13. The summed E-state index contributed by atoms with van der Waals surface area (Å²) < 4.78 is 119. The minimum absolute atomic E-state index is 0.0226. The second-order valence-corrected chi connectivity index (χ2v) is 10.5. The fourth-order valence-corrected chi connectivity index (χ4v) is 6.10. The van der Waals surface area contributed by atoms with Crippen LogP contribution in [0.1, 0.15) is 13.8 Å². The minimum Gasteiger partial charge on any atom is -0.387 e. The first-order valence-electron chi connectivity index (χ1n) is 9.58. The Morgan fingerprint density at radius 1 is 0.750 bits per heavy atom. The second-order valence-electron chi connectivity index (χ2n) is 7.54. The van der Waals surface area contributed by atoms with Crippen LogP contribution in [0.3, 0.4) is 0 Å². The zero-order valence-corrected chi connectivity index (χ0v) is 18.2. The van der Waals surface area contributed by atoms with Gasteiger partial charge in [-0.05, 0) is 16.3 Å². The lowest BCUT2D eigenvalue weighted by molar-refractivity contribution is -0.343. The molecule has 0 amide bonds. The Bertz CT molecular complexity index is 808. The van der Waals surface area contributed by atoms with E-state index in [0.717, 1.165) is 0 Å². The monoisotopic (exact) mass is 486 g/mol. The van der Waals surface area contributed by atoms with Crippen LogP contribution in [-0.2, 0) is 8.85 Å². The smallest absolute Gasteiger partial charge is 0.387 e. The highest BCUT2D eigenvalue weighted by molar-refractivity contribution is 6.92. The molecular weight excluding hydrogens is 464 g/mol. The van der Waals surface area contributed by atoms with E-state index in [-0.39, 0.29) is 22.9 Å². The molecule has 178 valence electrons. The van der Waals surface area contributed by atoms with Gasteiger partial charge >= 0.3 is 32.8 Å². The van der Waals surface area contributed by atoms with Crippen LogP contribution in [0.15, 0.2) is 60.7 Å². The van der Waals surface area contributed by atoms with Crippen molar-refractivity contribution in [2.75, 3.05) is 13.2 Å². The number of alkyl halides is 8. The first kappa shape index (κ1) is 26.3. The third-order valence-electron chi connectivity index (χ3n) is 4.54. The molecule has 2 aromatic carbocycles. The lowest BCUT2D eigenvalue weighted by Crippen LogP contribution is -2.66. The highest BCUT2D eigenvalue weighted by Gasteiger charge is 2.75. The van der Waals surface area contributed by atoms with Gasteiger partial charge in [-0.2, -0.15) is 26.3 Å². The van der Waals surface area contributed by atoms with Crippen molar-refractivity contribution in [3.63, 3.8) is 0 Å². The summed E-state index contributed by atoms with van der Waals surface area (Å²) in [6, 6.07) is 15.3. The molecule has 2 nitrogen and oxygen atoms in total. The van der Waals surface area contributed by atoms with Crippen molar-refractivity contribution in [1.82, 2.24) is 0 Å². The molecule has 0 spiro atoms. The molecule has 0 fully saturated rings. The van der Waals surface area contributed by atoms with Crippen LogP contribution in [0.2, 0.25) is 0 Å². The van der Waals surface area contributed by atoms with E-state index in [1.54, 1.807) is 50.2 Å². The highest BCUT2D eigenvalue weighted by atomic mass is 28.4. The Hall–Kier alpha value is -1.98. The Labute approximate surface area is 181 Å². The van der Waals surface area contributed by atoms with Gasteiger partial charge in [-0.15, -0.1) is 0 Å². The van der Waals surface area contributed by atoms with Crippen LogP contribution >= 0.6 is 0 Å². The molecule has 0 radical (unpaired) electrons. The zero-order valence-electron chi connectivity index (χ0n) is 17.2. The molecule has 32 heavy (non-hydrogen) atoms. The number of hydrogen-bond donors (Lipinski definition) is 0. The van der Waals surface area contributed by atoms with Gasteiger partial charge in [-0.1, -0.05) is 74.5 Å². The summed E-state index contributed by atoms with van der Waals surface area (Å²) in [5.41, 5.74) is 0. The van der Waals surface area contributed by atoms with Crippen LogP contribution < -0.4 is 10.4 Å². The third-order valence-corrected chi connectivity index (χ3v) is 7.85. The maximum Gasteiger partial charge on any atom is 0.407 e. The average Bonchev–Trinajstić information content (AvgIpc) is 2.75. The van der Waals surface area contributed by atoms with Gasteiger partial charge in [0, 0.05) is 6.61 Å². The van der Waals surface area contributed by atoms with Gasteiger partial charge < -0.3 is 8.85 Å². The topological polar surface area (TPSA) is 18.5 Å². The van der Waals surface area contributed by atoms with Gasteiger partial charge in [0.1, 0.15) is 6.61 Å². The van der Waals surface area contributed by atoms with Crippen molar-refractivity contribution in [2.24, 2.45) is 5.92 Å². The first-order chi connectivity index (χ1) is 14.8. The molecule has 0 aliphatic carbocycles. The van der Waals surface area contributed by atoms with Crippen molar-refractivity contribution in [3.8, 4) is 0 Å². The van der Waals surface area contributed by atoms with Gasteiger partial charge in [0.25, 0.3) is 0 Å². The van der Waals surface area contributed by atoms with Crippen molar-refractivity contribution >= 4 is 18.9 Å². The van der Waals surface area contributed by atoms with E-state index in [1.807, 2.05) is 0 Å². The quantitative estimate of drug-likeness (QED) is 0.325. The fraction of sp³-hybridized carbons (Fsp3) is 0.429. The first-order valence-corrected chi connectivity index (χ1v) is 11.4. The average molecular weight is 486 g/mol. The van der Waals surface area contributed by atoms with Crippen molar-refractivity contribution in [3.05, 3.63) is 60.7 Å². The normalized spacial score (nSPS) is 13.8. The number of halogens is 8. The molecule has 2 rings (SSSR count). The largest absolute Gasteiger partial charge is 0.407 e. The lowest BCUT2D eigenvalue weighted by atomic mass is 10.1. The minimum atomic E-state index is -6.36. The SMILES string of the molecule is CC(C)CO[Si](OCC(F)(F)C(F)(F)C(F)(F)C(F)F)(c1ccccc1)c1ccccc1. The summed E-state index contributed by atoms with van der Waals surface area (Å²) in [5, 5.41) is 0.512. The van der Waals surface area contributed by atoms with E-state index in [4.69, 9.17) is 8.85 Å². The Morgan fingerprint density at radius 2 is 1.19 bits per heavy atom. The van der Waals surface area contributed by atoms with E-state index in [0.29, 0.717) is 0 Å². The summed E-state index contributed by atoms with van der Waals surface area (Å²) in [4.78, 5) is 0. The molecule has 0 aliphatic rings. The molecule has 0 aliphatic heterocycles. The van der Waals surface area contributed by atoms with Gasteiger partial charge in [0.15, 0.2) is 0 Å². The molecule has 0 bridgehead atoms. The molecule has 0 aromatic heterocycles. The van der Waals surface area contributed by atoms with Crippen molar-refractivity contribution in [2.45, 2.75) is 38.0 Å². The molecular formula is C21H22F8O2Si. The van der Waals surface area contributed by atoms with E-state index < -0.39 is 39.4 Å². The number of rotatable bonds is 11. The zero-order chi connectivity index (χ0) is 24.2. The fourth-order valence-electron chi connectivity index (χ4n) is 2.80. The summed E-state index contributed by atoms with van der Waals surface area (Å²) in [5.74, 6) is -18.4. The Morgan fingerprint density at radius 3 is 1.56 bits per heavy atom. The van der Waals surface area contributed by atoms with Gasteiger partial charge in [-0.3, -0.25) is 0 Å². The molecule has 0 atom stereocenters. The van der Waals surface area contributed by atoms with Crippen molar-refractivity contribution < 1.29 is 44.0 Å². The van der Waals surface area contributed by atoms with Crippen LogP contribution in [0.25, 0.3) is 0 Å². The molecule has 0 heterocycles. The molecule has 2 aromatic rings. The second kappa shape index (κ2) is 9.88. The van der Waals surface area contributed by atoms with Gasteiger partial charge in [0.05, 0.1) is 0 Å². The Balaban J connectivity index is 2.53. The predicted octanol–water partition coefficient (Wildman–Crippen LogP) is 5.10.